The van der Waals surface area contributed by atoms with Crippen molar-refractivity contribution in [1.29, 1.82) is 0 Å². The molecular weight excluding hydrogens is 351 g/mol. The molecule has 2 aromatic rings. The predicted octanol–water partition coefficient (Wildman–Crippen LogP) is 4.43. The fraction of sp³-hybridized carbons (Fsp3) is 0.0769. The summed E-state index contributed by atoms with van der Waals surface area (Å²) in [6.45, 7) is 0. The lowest BCUT2D eigenvalue weighted by Crippen LogP contribution is -2.00. The van der Waals surface area contributed by atoms with E-state index in [2.05, 4.69) is 31.9 Å². The van der Waals surface area contributed by atoms with Gasteiger partial charge < -0.3 is 5.11 Å². The Bertz CT molecular complexity index is 525. The van der Waals surface area contributed by atoms with Crippen LogP contribution in [-0.2, 0) is 0 Å². The zero-order chi connectivity index (χ0) is 12.4. The van der Waals surface area contributed by atoms with Crippen molar-refractivity contribution in [3.63, 3.8) is 0 Å². The normalized spacial score (nSPS) is 12.5. The van der Waals surface area contributed by atoms with Crippen molar-refractivity contribution in [3.8, 4) is 0 Å². The van der Waals surface area contributed by atoms with Gasteiger partial charge in [0.1, 0.15) is 11.9 Å². The minimum atomic E-state index is -0.766. The first-order valence-electron chi connectivity index (χ1n) is 4.96. The Morgan fingerprint density at radius 2 is 1.65 bits per heavy atom. The van der Waals surface area contributed by atoms with E-state index in [-0.39, 0.29) is 5.82 Å². The van der Waals surface area contributed by atoms with Crippen LogP contribution in [0.25, 0.3) is 0 Å². The Morgan fingerprint density at radius 1 is 1.00 bits per heavy atom. The highest BCUT2D eigenvalue weighted by Gasteiger charge is 2.13. The molecule has 0 saturated heterocycles. The van der Waals surface area contributed by atoms with Crippen molar-refractivity contribution in [2.24, 2.45) is 0 Å². The molecule has 0 bridgehead atoms. The zero-order valence-corrected chi connectivity index (χ0v) is 11.9. The summed E-state index contributed by atoms with van der Waals surface area (Å²) in [5.74, 6) is -0.330. The van der Waals surface area contributed by atoms with Gasteiger partial charge >= 0.3 is 0 Å². The fourth-order valence-electron chi connectivity index (χ4n) is 1.55. The van der Waals surface area contributed by atoms with Gasteiger partial charge in [0.15, 0.2) is 0 Å². The molecule has 0 saturated carbocycles. The van der Waals surface area contributed by atoms with Gasteiger partial charge in [0.05, 0.1) is 0 Å². The van der Waals surface area contributed by atoms with Crippen LogP contribution in [0.4, 0.5) is 4.39 Å². The van der Waals surface area contributed by atoms with Gasteiger partial charge in [-0.05, 0) is 35.4 Å². The van der Waals surface area contributed by atoms with Crippen LogP contribution in [0.3, 0.4) is 0 Å². The van der Waals surface area contributed by atoms with Crippen LogP contribution in [0.15, 0.2) is 51.4 Å². The minimum Gasteiger partial charge on any atom is -0.384 e. The second kappa shape index (κ2) is 5.29. The van der Waals surface area contributed by atoms with Gasteiger partial charge in [-0.15, -0.1) is 0 Å². The van der Waals surface area contributed by atoms with E-state index in [1.54, 1.807) is 6.07 Å². The third-order valence-corrected chi connectivity index (χ3v) is 3.66. The molecule has 1 nitrogen and oxygen atoms in total. The number of aliphatic hydroxyl groups excluding tert-OH is 1. The molecule has 88 valence electrons. The van der Waals surface area contributed by atoms with E-state index in [0.29, 0.717) is 10.0 Å². The number of halogens is 3. The van der Waals surface area contributed by atoms with Gasteiger partial charge in [0, 0.05) is 8.95 Å². The fourth-order valence-corrected chi connectivity index (χ4v) is 2.38. The van der Waals surface area contributed by atoms with Crippen LogP contribution in [-0.4, -0.2) is 5.11 Å². The standard InChI is InChI=1S/C13H9Br2FO/c14-9-3-1-8(2-4-9)13(17)11-6-5-10(16)7-12(11)15/h1-7,13,17H. The van der Waals surface area contributed by atoms with E-state index in [1.807, 2.05) is 24.3 Å². The van der Waals surface area contributed by atoms with Crippen molar-refractivity contribution in [2.75, 3.05) is 0 Å². The molecule has 0 fully saturated rings. The molecule has 2 rings (SSSR count). The molecule has 0 amide bonds. The summed E-state index contributed by atoms with van der Waals surface area (Å²) in [4.78, 5) is 0. The van der Waals surface area contributed by atoms with E-state index < -0.39 is 6.10 Å². The maximum absolute atomic E-state index is 12.9. The highest BCUT2D eigenvalue weighted by atomic mass is 79.9. The maximum Gasteiger partial charge on any atom is 0.124 e. The molecule has 1 unspecified atom stereocenters. The minimum absolute atomic E-state index is 0.330. The van der Waals surface area contributed by atoms with Gasteiger partial charge in [-0.25, -0.2) is 4.39 Å². The monoisotopic (exact) mass is 358 g/mol. The predicted molar refractivity (Wildman–Crippen MR) is 72.3 cm³/mol. The van der Waals surface area contributed by atoms with Gasteiger partial charge in [-0.3, -0.25) is 0 Å². The smallest absolute Gasteiger partial charge is 0.124 e. The van der Waals surface area contributed by atoms with Crippen LogP contribution in [0, 0.1) is 5.82 Å². The van der Waals surface area contributed by atoms with E-state index in [9.17, 15) is 9.50 Å². The first-order valence-corrected chi connectivity index (χ1v) is 6.55. The van der Waals surface area contributed by atoms with Crippen molar-refractivity contribution in [1.82, 2.24) is 0 Å². The van der Waals surface area contributed by atoms with Crippen LogP contribution in [0.5, 0.6) is 0 Å². The van der Waals surface area contributed by atoms with E-state index in [0.717, 1.165) is 10.0 Å². The molecule has 0 heterocycles. The molecule has 0 radical (unpaired) electrons. The van der Waals surface area contributed by atoms with Gasteiger partial charge in [-0.2, -0.15) is 0 Å². The number of benzene rings is 2. The van der Waals surface area contributed by atoms with Crippen molar-refractivity contribution >= 4 is 31.9 Å². The van der Waals surface area contributed by atoms with Gasteiger partial charge in [-0.1, -0.05) is 50.1 Å². The summed E-state index contributed by atoms with van der Waals surface area (Å²) in [5.41, 5.74) is 1.41. The third kappa shape index (κ3) is 2.94. The lowest BCUT2D eigenvalue weighted by molar-refractivity contribution is 0.219. The third-order valence-electron chi connectivity index (χ3n) is 2.44. The first kappa shape index (κ1) is 12.7. The Kier molecular flexibility index (Phi) is 3.97. The molecule has 17 heavy (non-hydrogen) atoms. The van der Waals surface area contributed by atoms with Gasteiger partial charge in [0.2, 0.25) is 0 Å². The highest BCUT2D eigenvalue weighted by molar-refractivity contribution is 9.10. The highest BCUT2D eigenvalue weighted by Crippen LogP contribution is 2.29. The van der Waals surface area contributed by atoms with E-state index >= 15 is 0 Å². The summed E-state index contributed by atoms with van der Waals surface area (Å²) >= 11 is 6.58. The zero-order valence-electron chi connectivity index (χ0n) is 8.70. The van der Waals surface area contributed by atoms with Crippen molar-refractivity contribution in [2.45, 2.75) is 6.10 Å². The van der Waals surface area contributed by atoms with E-state index in [4.69, 9.17) is 0 Å². The molecule has 1 N–H and O–H groups in total. The molecule has 0 aliphatic rings. The van der Waals surface area contributed by atoms with Crippen LogP contribution in [0.1, 0.15) is 17.2 Å². The molecule has 0 aliphatic heterocycles. The SMILES string of the molecule is OC(c1ccc(Br)cc1)c1ccc(F)cc1Br. The van der Waals surface area contributed by atoms with Crippen LogP contribution in [0.2, 0.25) is 0 Å². The number of rotatable bonds is 2. The molecule has 2 aromatic carbocycles. The summed E-state index contributed by atoms with van der Waals surface area (Å²) in [6, 6.07) is 11.6. The Hall–Kier alpha value is -0.710. The molecule has 1 atom stereocenters. The Morgan fingerprint density at radius 3 is 2.24 bits per heavy atom. The Labute approximate surface area is 116 Å². The van der Waals surface area contributed by atoms with Crippen LogP contribution >= 0.6 is 31.9 Å². The molecule has 0 aromatic heterocycles. The van der Waals surface area contributed by atoms with Gasteiger partial charge in [0.25, 0.3) is 0 Å². The lowest BCUT2D eigenvalue weighted by atomic mass is 10.0. The Balaban J connectivity index is 2.36. The quantitative estimate of drug-likeness (QED) is 0.840. The first-order chi connectivity index (χ1) is 8.08. The molecule has 0 aliphatic carbocycles. The largest absolute Gasteiger partial charge is 0.384 e. The average molecular weight is 360 g/mol. The van der Waals surface area contributed by atoms with Crippen molar-refractivity contribution < 1.29 is 9.50 Å². The average Bonchev–Trinajstić information content (AvgIpc) is 2.29. The number of hydrogen-bond donors (Lipinski definition) is 1. The number of aliphatic hydroxyl groups is 1. The summed E-state index contributed by atoms with van der Waals surface area (Å²) < 4.78 is 14.5. The molecular formula is C13H9Br2FO. The van der Waals surface area contributed by atoms with Crippen LogP contribution < -0.4 is 0 Å². The maximum atomic E-state index is 12.9. The van der Waals surface area contributed by atoms with Crippen molar-refractivity contribution in [3.05, 3.63) is 68.4 Å². The second-order valence-electron chi connectivity index (χ2n) is 3.62. The topological polar surface area (TPSA) is 20.2 Å². The summed E-state index contributed by atoms with van der Waals surface area (Å²) in [6.07, 6.45) is -0.766. The number of hydrogen-bond acceptors (Lipinski definition) is 1. The molecule has 4 heteroatoms. The molecule has 0 spiro atoms. The summed E-state index contributed by atoms with van der Waals surface area (Å²) in [7, 11) is 0. The lowest BCUT2D eigenvalue weighted by Gasteiger charge is -2.13. The summed E-state index contributed by atoms with van der Waals surface area (Å²) in [5, 5.41) is 10.2. The van der Waals surface area contributed by atoms with E-state index in [1.165, 1.54) is 12.1 Å². The second-order valence-corrected chi connectivity index (χ2v) is 5.39.